The van der Waals surface area contributed by atoms with Gasteiger partial charge in [0.05, 0.1) is 5.69 Å². The van der Waals surface area contributed by atoms with Crippen LogP contribution in [-0.2, 0) is 10.0 Å². The lowest BCUT2D eigenvalue weighted by molar-refractivity contribution is 0.580. The molecule has 0 bridgehead atoms. The molecular formula is C12H21N3O2S. The van der Waals surface area contributed by atoms with Crippen LogP contribution < -0.4 is 15.4 Å². The number of likely N-dealkylation sites (N-methyl/N-ethyl adjacent to an activating group) is 1. The van der Waals surface area contributed by atoms with Gasteiger partial charge in [-0.1, -0.05) is 19.1 Å². The Bertz CT molecular complexity index is 474. The molecule has 102 valence electrons. The van der Waals surface area contributed by atoms with E-state index in [9.17, 15) is 8.42 Å². The van der Waals surface area contributed by atoms with Crippen molar-refractivity contribution < 1.29 is 8.42 Å². The normalized spacial score (nSPS) is 11.5. The minimum absolute atomic E-state index is 0.300. The molecule has 1 aromatic carbocycles. The van der Waals surface area contributed by atoms with Gasteiger partial charge in [-0.25, -0.2) is 13.1 Å². The Kier molecular flexibility index (Phi) is 5.58. The van der Waals surface area contributed by atoms with Crippen molar-refractivity contribution in [3.63, 3.8) is 0 Å². The lowest BCUT2D eigenvalue weighted by Gasteiger charge is -2.21. The Labute approximate surface area is 109 Å². The first kappa shape index (κ1) is 14.9. The molecule has 0 atom stereocenters. The highest BCUT2D eigenvalue weighted by Crippen LogP contribution is 2.23. The van der Waals surface area contributed by atoms with Gasteiger partial charge in [0, 0.05) is 26.7 Å². The zero-order valence-corrected chi connectivity index (χ0v) is 11.7. The number of nitrogens with one attached hydrogen (secondary N) is 1. The lowest BCUT2D eigenvalue weighted by Crippen LogP contribution is -2.29. The fraction of sp³-hybridized carbons (Fsp3) is 0.500. The van der Waals surface area contributed by atoms with Crippen molar-refractivity contribution in [2.75, 3.05) is 31.6 Å². The van der Waals surface area contributed by atoms with E-state index in [-0.39, 0.29) is 0 Å². The second kappa shape index (κ2) is 6.72. The second-order valence-electron chi connectivity index (χ2n) is 4.08. The molecule has 0 aromatic heterocycles. The van der Waals surface area contributed by atoms with E-state index in [2.05, 4.69) is 4.72 Å². The highest BCUT2D eigenvalue weighted by Gasteiger charge is 2.19. The van der Waals surface area contributed by atoms with Crippen molar-refractivity contribution in [3.05, 3.63) is 24.3 Å². The van der Waals surface area contributed by atoms with Crippen LogP contribution in [0.1, 0.15) is 13.3 Å². The molecule has 0 aliphatic carbocycles. The summed E-state index contributed by atoms with van der Waals surface area (Å²) in [6, 6.07) is 6.94. The molecule has 1 aromatic rings. The van der Waals surface area contributed by atoms with Crippen LogP contribution in [0.25, 0.3) is 0 Å². The predicted molar refractivity (Wildman–Crippen MR) is 74.2 cm³/mol. The first-order valence-electron chi connectivity index (χ1n) is 6.02. The molecule has 0 fully saturated rings. The van der Waals surface area contributed by atoms with Gasteiger partial charge in [0.15, 0.2) is 0 Å². The first-order valence-corrected chi connectivity index (χ1v) is 7.51. The molecule has 3 N–H and O–H groups in total. The number of sulfonamides is 1. The van der Waals surface area contributed by atoms with E-state index >= 15 is 0 Å². The van der Waals surface area contributed by atoms with Crippen LogP contribution in [0.5, 0.6) is 0 Å². The number of hydrogen-bond acceptors (Lipinski definition) is 4. The molecule has 18 heavy (non-hydrogen) atoms. The van der Waals surface area contributed by atoms with Crippen LogP contribution in [0.3, 0.4) is 0 Å². The summed E-state index contributed by atoms with van der Waals surface area (Å²) in [6.07, 6.45) is 0.764. The van der Waals surface area contributed by atoms with Gasteiger partial charge in [0.1, 0.15) is 4.90 Å². The molecule has 0 radical (unpaired) electrons. The maximum absolute atomic E-state index is 12.2. The van der Waals surface area contributed by atoms with Crippen LogP contribution in [0, 0.1) is 0 Å². The van der Waals surface area contributed by atoms with Gasteiger partial charge in [-0.2, -0.15) is 0 Å². The second-order valence-corrected chi connectivity index (χ2v) is 5.81. The summed E-state index contributed by atoms with van der Waals surface area (Å²) < 4.78 is 26.9. The van der Waals surface area contributed by atoms with E-state index in [0.717, 1.165) is 6.42 Å². The quantitative estimate of drug-likeness (QED) is 0.768. The van der Waals surface area contributed by atoms with Gasteiger partial charge in [-0.3, -0.25) is 0 Å². The number of benzene rings is 1. The molecule has 1 rings (SSSR count). The monoisotopic (exact) mass is 271 g/mol. The third kappa shape index (κ3) is 3.69. The Morgan fingerprint density at radius 2 is 2.00 bits per heavy atom. The minimum Gasteiger partial charge on any atom is -0.372 e. The lowest BCUT2D eigenvalue weighted by atomic mass is 10.3. The molecule has 0 unspecified atom stereocenters. The Hall–Kier alpha value is -1.11. The average molecular weight is 271 g/mol. The summed E-state index contributed by atoms with van der Waals surface area (Å²) in [5, 5.41) is 0. The molecule has 0 amide bonds. The number of anilines is 1. The smallest absolute Gasteiger partial charge is 0.242 e. The fourth-order valence-corrected chi connectivity index (χ4v) is 3.01. The summed E-state index contributed by atoms with van der Waals surface area (Å²) in [5.74, 6) is 0. The van der Waals surface area contributed by atoms with Gasteiger partial charge in [0.2, 0.25) is 10.0 Å². The molecule has 0 aliphatic rings. The fourth-order valence-electron chi connectivity index (χ4n) is 1.63. The van der Waals surface area contributed by atoms with Crippen LogP contribution in [-0.4, -0.2) is 35.1 Å². The highest BCUT2D eigenvalue weighted by molar-refractivity contribution is 7.89. The van der Waals surface area contributed by atoms with Crippen molar-refractivity contribution in [2.24, 2.45) is 5.73 Å². The highest BCUT2D eigenvalue weighted by atomic mass is 32.2. The molecule has 0 spiro atoms. The summed E-state index contributed by atoms with van der Waals surface area (Å²) in [5.41, 5.74) is 6.17. The van der Waals surface area contributed by atoms with E-state index in [1.165, 1.54) is 0 Å². The predicted octanol–water partition coefficient (Wildman–Crippen LogP) is 0.770. The first-order chi connectivity index (χ1) is 8.53. The third-order valence-electron chi connectivity index (χ3n) is 2.57. The summed E-state index contributed by atoms with van der Waals surface area (Å²) in [6.45, 7) is 3.46. The number of hydrogen-bond donors (Lipinski definition) is 2. The Balaban J connectivity index is 3.08. The molecule has 0 saturated carbocycles. The molecule has 6 heteroatoms. The largest absolute Gasteiger partial charge is 0.372 e. The third-order valence-corrected chi connectivity index (χ3v) is 4.08. The maximum Gasteiger partial charge on any atom is 0.242 e. The molecule has 0 aliphatic heterocycles. The van der Waals surface area contributed by atoms with Crippen molar-refractivity contribution in [3.8, 4) is 0 Å². The Morgan fingerprint density at radius 1 is 1.33 bits per heavy atom. The number of rotatable bonds is 7. The minimum atomic E-state index is -3.45. The summed E-state index contributed by atoms with van der Waals surface area (Å²) in [4.78, 5) is 2.15. The van der Waals surface area contributed by atoms with E-state index in [4.69, 9.17) is 5.73 Å². The SMILES string of the molecule is CCCNS(=O)(=O)c1ccccc1N(C)CCN. The van der Waals surface area contributed by atoms with Crippen molar-refractivity contribution >= 4 is 15.7 Å². The Morgan fingerprint density at radius 3 is 2.61 bits per heavy atom. The van der Waals surface area contributed by atoms with Crippen LogP contribution in [0.4, 0.5) is 5.69 Å². The standard InChI is InChI=1S/C12H21N3O2S/c1-3-9-14-18(16,17)12-7-5-4-6-11(12)15(2)10-8-13/h4-7,14H,3,8-10,13H2,1-2H3. The van der Waals surface area contributed by atoms with Gasteiger partial charge >= 0.3 is 0 Å². The van der Waals surface area contributed by atoms with E-state index in [0.29, 0.717) is 30.2 Å². The van der Waals surface area contributed by atoms with E-state index in [1.54, 1.807) is 18.2 Å². The molecular weight excluding hydrogens is 250 g/mol. The van der Waals surface area contributed by atoms with Crippen molar-refractivity contribution in [2.45, 2.75) is 18.2 Å². The van der Waals surface area contributed by atoms with Crippen molar-refractivity contribution in [1.29, 1.82) is 0 Å². The van der Waals surface area contributed by atoms with E-state index in [1.807, 2.05) is 24.9 Å². The number of nitrogens with zero attached hydrogens (tertiary/aromatic N) is 1. The molecule has 0 saturated heterocycles. The van der Waals surface area contributed by atoms with Crippen LogP contribution >= 0.6 is 0 Å². The van der Waals surface area contributed by atoms with Gasteiger partial charge in [-0.15, -0.1) is 0 Å². The van der Waals surface area contributed by atoms with Gasteiger partial charge < -0.3 is 10.6 Å². The molecule has 5 nitrogen and oxygen atoms in total. The zero-order chi connectivity index (χ0) is 13.6. The zero-order valence-electron chi connectivity index (χ0n) is 10.9. The number of para-hydroxylation sites is 1. The molecule has 0 heterocycles. The summed E-state index contributed by atoms with van der Waals surface area (Å²) >= 11 is 0. The topological polar surface area (TPSA) is 75.4 Å². The van der Waals surface area contributed by atoms with Crippen LogP contribution in [0.15, 0.2) is 29.2 Å². The van der Waals surface area contributed by atoms with Gasteiger partial charge in [-0.05, 0) is 18.6 Å². The van der Waals surface area contributed by atoms with E-state index < -0.39 is 10.0 Å². The van der Waals surface area contributed by atoms with Crippen LogP contribution in [0.2, 0.25) is 0 Å². The average Bonchev–Trinajstić information content (AvgIpc) is 2.37. The summed E-state index contributed by atoms with van der Waals surface area (Å²) in [7, 11) is -1.61. The van der Waals surface area contributed by atoms with Gasteiger partial charge in [0.25, 0.3) is 0 Å². The maximum atomic E-state index is 12.2. The number of nitrogens with two attached hydrogens (primary N) is 1. The van der Waals surface area contributed by atoms with Crippen molar-refractivity contribution in [1.82, 2.24) is 4.72 Å².